The quantitative estimate of drug-likeness (QED) is 0.497. The summed E-state index contributed by atoms with van der Waals surface area (Å²) in [6.07, 6.45) is 0.502. The first-order valence-electron chi connectivity index (χ1n) is 10.2. The predicted molar refractivity (Wildman–Crippen MR) is 123 cm³/mol. The molecule has 1 saturated heterocycles. The van der Waals surface area contributed by atoms with Gasteiger partial charge >= 0.3 is 0 Å². The van der Waals surface area contributed by atoms with Crippen molar-refractivity contribution in [1.82, 2.24) is 9.88 Å². The van der Waals surface area contributed by atoms with Gasteiger partial charge < -0.3 is 9.32 Å². The molecule has 162 valence electrons. The summed E-state index contributed by atoms with van der Waals surface area (Å²) in [5.41, 5.74) is 2.59. The highest BCUT2D eigenvalue weighted by Crippen LogP contribution is 2.35. The molecule has 6 nitrogen and oxygen atoms in total. The lowest BCUT2D eigenvalue weighted by atomic mass is 10.1. The van der Waals surface area contributed by atoms with Crippen LogP contribution in [0.4, 0.5) is 0 Å². The van der Waals surface area contributed by atoms with Crippen LogP contribution in [-0.4, -0.2) is 54.1 Å². The molecule has 1 aliphatic rings. The lowest BCUT2D eigenvalue weighted by Gasteiger charge is -2.26. The predicted octanol–water partition coefficient (Wildman–Crippen LogP) is 4.14. The minimum absolute atomic E-state index is 0.0482. The topological polar surface area (TPSA) is 80.5 Å². The lowest BCUT2D eigenvalue weighted by molar-refractivity contribution is -0.129. The summed E-state index contributed by atoms with van der Waals surface area (Å²) in [4.78, 5) is 19.1. The zero-order valence-corrected chi connectivity index (χ0v) is 18.9. The van der Waals surface area contributed by atoms with E-state index in [1.807, 2.05) is 67.6 Å². The Balaban J connectivity index is 1.54. The molecule has 0 bridgehead atoms. The standard InChI is InChI=1S/C23H24N2O4S2/c1-2-25(19-13-14-31(27,28)16-19)20(26)15-30-23-24-21(17-9-5-3-6-10-17)22(29-23)18-11-7-4-8-12-18/h3-12,19H,2,13-16H2,1H3. The molecule has 2 heterocycles. The van der Waals surface area contributed by atoms with Gasteiger partial charge in [0.2, 0.25) is 5.91 Å². The van der Waals surface area contributed by atoms with Crippen LogP contribution in [0.5, 0.6) is 0 Å². The van der Waals surface area contributed by atoms with Gasteiger partial charge in [0.25, 0.3) is 5.22 Å². The second-order valence-electron chi connectivity index (χ2n) is 7.41. The zero-order chi connectivity index (χ0) is 21.8. The first-order chi connectivity index (χ1) is 15.0. The van der Waals surface area contributed by atoms with Crippen LogP contribution in [0.25, 0.3) is 22.6 Å². The smallest absolute Gasteiger partial charge is 0.257 e. The first kappa shape index (κ1) is 21.6. The third-order valence-electron chi connectivity index (χ3n) is 5.32. The number of hydrogen-bond acceptors (Lipinski definition) is 6. The molecule has 1 aromatic heterocycles. The lowest BCUT2D eigenvalue weighted by Crippen LogP contribution is -2.41. The summed E-state index contributed by atoms with van der Waals surface area (Å²) in [5, 5.41) is 0.418. The van der Waals surface area contributed by atoms with Gasteiger partial charge in [0, 0.05) is 23.7 Å². The molecule has 4 rings (SSSR count). The highest BCUT2D eigenvalue weighted by atomic mass is 32.2. The number of rotatable bonds is 7. The van der Waals surface area contributed by atoms with Crippen LogP contribution in [0.1, 0.15) is 13.3 Å². The van der Waals surface area contributed by atoms with E-state index in [1.165, 1.54) is 11.8 Å². The molecule has 1 fully saturated rings. The third-order valence-corrected chi connectivity index (χ3v) is 7.88. The summed E-state index contributed by atoms with van der Waals surface area (Å²) in [6.45, 7) is 2.36. The largest absolute Gasteiger partial charge is 0.431 e. The molecule has 2 aromatic carbocycles. The van der Waals surface area contributed by atoms with Crippen molar-refractivity contribution in [3.05, 3.63) is 60.7 Å². The van der Waals surface area contributed by atoms with Crippen molar-refractivity contribution in [2.24, 2.45) is 0 Å². The molecular formula is C23H24N2O4S2. The van der Waals surface area contributed by atoms with Gasteiger partial charge in [0.05, 0.1) is 17.3 Å². The van der Waals surface area contributed by atoms with Crippen LogP contribution in [0, 0.1) is 0 Å². The SMILES string of the molecule is CCN(C(=O)CSc1nc(-c2ccccc2)c(-c2ccccc2)o1)C1CCS(=O)(=O)C1. The molecule has 0 saturated carbocycles. The van der Waals surface area contributed by atoms with E-state index in [0.717, 1.165) is 16.8 Å². The van der Waals surface area contributed by atoms with E-state index >= 15 is 0 Å². The summed E-state index contributed by atoms with van der Waals surface area (Å²) in [5.74, 6) is 0.904. The van der Waals surface area contributed by atoms with Crippen LogP contribution in [-0.2, 0) is 14.6 Å². The number of thioether (sulfide) groups is 1. The van der Waals surface area contributed by atoms with Crippen molar-refractivity contribution in [2.75, 3.05) is 23.8 Å². The Labute approximate surface area is 186 Å². The van der Waals surface area contributed by atoms with Gasteiger partial charge in [-0.15, -0.1) is 0 Å². The Morgan fingerprint density at radius 3 is 2.32 bits per heavy atom. The van der Waals surface area contributed by atoms with Crippen molar-refractivity contribution in [3.8, 4) is 22.6 Å². The van der Waals surface area contributed by atoms with Crippen LogP contribution in [0.2, 0.25) is 0 Å². The maximum atomic E-state index is 12.8. The highest BCUT2D eigenvalue weighted by molar-refractivity contribution is 7.99. The van der Waals surface area contributed by atoms with Crippen LogP contribution in [0.3, 0.4) is 0 Å². The van der Waals surface area contributed by atoms with Crippen molar-refractivity contribution >= 4 is 27.5 Å². The fourth-order valence-corrected chi connectivity index (χ4v) is 6.25. The summed E-state index contributed by atoms with van der Waals surface area (Å²) < 4.78 is 29.7. The van der Waals surface area contributed by atoms with E-state index in [9.17, 15) is 13.2 Å². The van der Waals surface area contributed by atoms with Gasteiger partial charge in [-0.1, -0.05) is 72.4 Å². The molecule has 1 unspecified atom stereocenters. The van der Waals surface area contributed by atoms with E-state index in [4.69, 9.17) is 4.42 Å². The Bertz CT molecular complexity index is 1090. The average Bonchev–Trinajstić information content (AvgIpc) is 3.37. The number of carbonyl (C=O) groups is 1. The highest BCUT2D eigenvalue weighted by Gasteiger charge is 2.34. The Morgan fingerprint density at radius 2 is 1.74 bits per heavy atom. The fourth-order valence-electron chi connectivity index (χ4n) is 3.80. The van der Waals surface area contributed by atoms with Crippen LogP contribution < -0.4 is 0 Å². The molecule has 3 aromatic rings. The minimum Gasteiger partial charge on any atom is -0.431 e. The number of carbonyl (C=O) groups excluding carboxylic acids is 1. The van der Waals surface area contributed by atoms with Crippen molar-refractivity contribution < 1.29 is 17.6 Å². The number of benzene rings is 2. The second kappa shape index (κ2) is 9.28. The monoisotopic (exact) mass is 456 g/mol. The van der Waals surface area contributed by atoms with E-state index in [2.05, 4.69) is 4.98 Å². The van der Waals surface area contributed by atoms with Gasteiger partial charge in [-0.05, 0) is 13.3 Å². The normalized spacial score (nSPS) is 17.5. The fraction of sp³-hybridized carbons (Fsp3) is 0.304. The minimum atomic E-state index is -3.05. The van der Waals surface area contributed by atoms with Crippen LogP contribution in [0.15, 0.2) is 70.3 Å². The number of sulfone groups is 1. The maximum Gasteiger partial charge on any atom is 0.257 e. The Hall–Kier alpha value is -2.58. The molecule has 31 heavy (non-hydrogen) atoms. The summed E-state index contributed by atoms with van der Waals surface area (Å²) >= 11 is 1.24. The van der Waals surface area contributed by atoms with E-state index in [1.54, 1.807) is 4.90 Å². The van der Waals surface area contributed by atoms with Gasteiger partial charge in [-0.2, -0.15) is 0 Å². The molecule has 8 heteroatoms. The summed E-state index contributed by atoms with van der Waals surface area (Å²) in [6, 6.07) is 19.3. The Kier molecular flexibility index (Phi) is 6.48. The van der Waals surface area contributed by atoms with E-state index < -0.39 is 9.84 Å². The molecule has 1 atom stereocenters. The van der Waals surface area contributed by atoms with Gasteiger partial charge in [0.1, 0.15) is 5.69 Å². The molecule has 0 spiro atoms. The number of amides is 1. The number of nitrogens with zero attached hydrogens (tertiary/aromatic N) is 2. The number of hydrogen-bond donors (Lipinski definition) is 0. The number of oxazole rings is 1. The third kappa shape index (κ3) is 5.02. The van der Waals surface area contributed by atoms with E-state index in [0.29, 0.717) is 23.9 Å². The van der Waals surface area contributed by atoms with Crippen LogP contribution >= 0.6 is 11.8 Å². The number of aromatic nitrogens is 1. The second-order valence-corrected chi connectivity index (χ2v) is 10.6. The summed E-state index contributed by atoms with van der Waals surface area (Å²) in [7, 11) is -3.05. The van der Waals surface area contributed by atoms with Crippen molar-refractivity contribution in [1.29, 1.82) is 0 Å². The average molecular weight is 457 g/mol. The Morgan fingerprint density at radius 1 is 1.10 bits per heavy atom. The maximum absolute atomic E-state index is 12.8. The van der Waals surface area contributed by atoms with Crippen molar-refractivity contribution in [3.63, 3.8) is 0 Å². The van der Waals surface area contributed by atoms with E-state index in [-0.39, 0.29) is 29.2 Å². The zero-order valence-electron chi connectivity index (χ0n) is 17.2. The molecule has 0 aliphatic carbocycles. The molecule has 0 radical (unpaired) electrons. The molecule has 1 aliphatic heterocycles. The van der Waals surface area contributed by atoms with Gasteiger partial charge in [-0.3, -0.25) is 4.79 Å². The molecule has 0 N–H and O–H groups in total. The first-order valence-corrected chi connectivity index (χ1v) is 13.0. The molecular weight excluding hydrogens is 432 g/mol. The van der Waals surface area contributed by atoms with Gasteiger partial charge in [-0.25, -0.2) is 13.4 Å². The van der Waals surface area contributed by atoms with Gasteiger partial charge in [0.15, 0.2) is 15.6 Å². The molecule has 1 amide bonds. The van der Waals surface area contributed by atoms with Crippen molar-refractivity contribution in [2.45, 2.75) is 24.6 Å².